The predicted octanol–water partition coefficient (Wildman–Crippen LogP) is 3.70. The van der Waals surface area contributed by atoms with E-state index in [1.54, 1.807) is 6.07 Å². The zero-order valence-corrected chi connectivity index (χ0v) is 14.7. The van der Waals surface area contributed by atoms with Gasteiger partial charge in [0.25, 0.3) is 11.6 Å². The summed E-state index contributed by atoms with van der Waals surface area (Å²) in [4.78, 5) is 27.1. The Bertz CT molecular complexity index is 979. The van der Waals surface area contributed by atoms with Crippen molar-refractivity contribution in [2.24, 2.45) is 0 Å². The molecule has 1 aromatic heterocycles. The van der Waals surface area contributed by atoms with Crippen molar-refractivity contribution in [3.05, 3.63) is 74.8 Å². The van der Waals surface area contributed by atoms with E-state index in [-0.39, 0.29) is 16.9 Å². The average Bonchev–Trinajstić information content (AvgIpc) is 3.11. The molecule has 0 radical (unpaired) electrons. The van der Waals surface area contributed by atoms with Gasteiger partial charge in [-0.25, -0.2) is 9.67 Å². The van der Waals surface area contributed by atoms with E-state index in [0.29, 0.717) is 10.7 Å². The number of aryl methyl sites for hydroxylation is 2. The molecule has 0 unspecified atom stereocenters. The lowest BCUT2D eigenvalue weighted by atomic mass is 10.1. The van der Waals surface area contributed by atoms with E-state index in [2.05, 4.69) is 15.4 Å². The number of nitrogens with zero attached hydrogens (tertiary/aromatic N) is 4. The molecule has 0 bridgehead atoms. The number of nitrogens with one attached hydrogen (secondary N) is 1. The van der Waals surface area contributed by atoms with Gasteiger partial charge < -0.3 is 5.32 Å². The normalized spacial score (nSPS) is 10.6. The van der Waals surface area contributed by atoms with Crippen LogP contribution in [0.3, 0.4) is 0 Å². The highest BCUT2D eigenvalue weighted by Gasteiger charge is 2.20. The van der Waals surface area contributed by atoms with Crippen LogP contribution < -0.4 is 5.32 Å². The molecule has 9 heteroatoms. The third-order valence-corrected chi connectivity index (χ3v) is 4.07. The van der Waals surface area contributed by atoms with Crippen molar-refractivity contribution >= 4 is 28.9 Å². The average molecular weight is 372 g/mol. The second-order valence-corrected chi connectivity index (χ2v) is 6.10. The predicted molar refractivity (Wildman–Crippen MR) is 96.9 cm³/mol. The maximum absolute atomic E-state index is 12.5. The summed E-state index contributed by atoms with van der Waals surface area (Å²) in [5.41, 5.74) is 2.35. The highest BCUT2D eigenvalue weighted by atomic mass is 35.5. The number of halogens is 1. The third-order valence-electron chi connectivity index (χ3n) is 3.77. The van der Waals surface area contributed by atoms with E-state index in [9.17, 15) is 14.9 Å². The van der Waals surface area contributed by atoms with Crippen LogP contribution in [-0.4, -0.2) is 25.6 Å². The summed E-state index contributed by atoms with van der Waals surface area (Å²) in [6.07, 6.45) is 2.62. The minimum absolute atomic E-state index is 0.136. The Morgan fingerprint density at radius 1 is 1.27 bits per heavy atom. The molecular formula is C17H14ClN5O3. The Kier molecular flexibility index (Phi) is 4.68. The van der Waals surface area contributed by atoms with Crippen LogP contribution in [0.4, 0.5) is 11.4 Å². The van der Waals surface area contributed by atoms with Crippen molar-refractivity contribution in [1.29, 1.82) is 0 Å². The summed E-state index contributed by atoms with van der Waals surface area (Å²) in [6.45, 7) is 3.72. The molecular weight excluding hydrogens is 358 g/mol. The van der Waals surface area contributed by atoms with Gasteiger partial charge in [-0.15, -0.1) is 0 Å². The van der Waals surface area contributed by atoms with Gasteiger partial charge in [0.2, 0.25) is 0 Å². The maximum Gasteiger partial charge on any atom is 0.295 e. The number of carbonyl (C=O) groups is 1. The number of hydrogen-bond acceptors (Lipinski definition) is 5. The molecule has 132 valence electrons. The van der Waals surface area contributed by atoms with Gasteiger partial charge >= 0.3 is 0 Å². The zero-order valence-electron chi connectivity index (χ0n) is 13.9. The molecule has 0 spiro atoms. The third kappa shape index (κ3) is 3.40. The minimum Gasteiger partial charge on any atom is -0.320 e. The summed E-state index contributed by atoms with van der Waals surface area (Å²) in [5, 5.41) is 18.4. The van der Waals surface area contributed by atoms with Crippen LogP contribution in [0.15, 0.2) is 43.0 Å². The van der Waals surface area contributed by atoms with Crippen LogP contribution in [0.1, 0.15) is 21.5 Å². The van der Waals surface area contributed by atoms with Crippen LogP contribution in [0.5, 0.6) is 0 Å². The lowest BCUT2D eigenvalue weighted by molar-refractivity contribution is -0.384. The molecule has 0 aliphatic heterocycles. The van der Waals surface area contributed by atoms with Gasteiger partial charge in [0.05, 0.1) is 15.6 Å². The van der Waals surface area contributed by atoms with Crippen LogP contribution >= 0.6 is 11.6 Å². The summed E-state index contributed by atoms with van der Waals surface area (Å²) >= 11 is 6.20. The fourth-order valence-electron chi connectivity index (χ4n) is 2.60. The molecule has 26 heavy (non-hydrogen) atoms. The number of nitro groups is 1. The lowest BCUT2D eigenvalue weighted by Crippen LogP contribution is -2.14. The van der Waals surface area contributed by atoms with E-state index < -0.39 is 10.8 Å². The van der Waals surface area contributed by atoms with Crippen LogP contribution in [0, 0.1) is 24.0 Å². The first kappa shape index (κ1) is 17.6. The summed E-state index contributed by atoms with van der Waals surface area (Å²) < 4.78 is 1.26. The van der Waals surface area contributed by atoms with Gasteiger partial charge in [0.1, 0.15) is 18.3 Å². The Hall–Kier alpha value is -3.26. The number of hydrogen-bond donors (Lipinski definition) is 1. The van der Waals surface area contributed by atoms with Crippen molar-refractivity contribution in [3.63, 3.8) is 0 Å². The number of nitro benzene ring substituents is 1. The van der Waals surface area contributed by atoms with Gasteiger partial charge in [0.15, 0.2) is 0 Å². The molecule has 0 atom stereocenters. The van der Waals surface area contributed by atoms with Crippen LogP contribution in [0.2, 0.25) is 5.02 Å². The quantitative estimate of drug-likeness (QED) is 0.556. The van der Waals surface area contributed by atoms with E-state index in [4.69, 9.17) is 11.6 Å². The Morgan fingerprint density at radius 2 is 2.04 bits per heavy atom. The number of amides is 1. The molecule has 3 aromatic rings. The standard InChI is InChI=1S/C17H14ClN5O3/c1-10-5-11(2)16(13(18)6-10)21-17(24)12-3-4-14(15(7-12)23(25)26)22-9-19-8-20-22/h3-9H,1-2H3,(H,21,24). The number of rotatable bonds is 4. The van der Waals surface area contributed by atoms with Gasteiger partial charge in [-0.2, -0.15) is 5.10 Å². The SMILES string of the molecule is Cc1cc(C)c(NC(=O)c2ccc(-n3cncn3)c([N+](=O)[O-])c2)c(Cl)c1. The number of carbonyl (C=O) groups excluding carboxylic acids is 1. The Labute approximate surface area is 153 Å². The monoisotopic (exact) mass is 371 g/mol. The first-order valence-corrected chi connectivity index (χ1v) is 7.96. The van der Waals surface area contributed by atoms with Crippen molar-refractivity contribution < 1.29 is 9.72 Å². The molecule has 0 saturated carbocycles. The number of benzene rings is 2. The zero-order chi connectivity index (χ0) is 18.8. The molecule has 0 aliphatic carbocycles. The van der Waals surface area contributed by atoms with Gasteiger partial charge in [-0.1, -0.05) is 17.7 Å². The minimum atomic E-state index is -0.572. The summed E-state index contributed by atoms with van der Waals surface area (Å²) in [5.74, 6) is -0.493. The van der Waals surface area contributed by atoms with Gasteiger partial charge in [0, 0.05) is 11.6 Å². The molecule has 3 rings (SSSR count). The largest absolute Gasteiger partial charge is 0.320 e. The lowest BCUT2D eigenvalue weighted by Gasteiger charge is -2.12. The Morgan fingerprint density at radius 3 is 2.65 bits per heavy atom. The van der Waals surface area contributed by atoms with E-state index in [1.165, 1.54) is 35.5 Å². The molecule has 1 N–H and O–H groups in total. The van der Waals surface area contributed by atoms with Crippen molar-refractivity contribution in [1.82, 2.24) is 14.8 Å². The first-order chi connectivity index (χ1) is 12.4. The summed E-state index contributed by atoms with van der Waals surface area (Å²) in [7, 11) is 0. The first-order valence-electron chi connectivity index (χ1n) is 7.58. The van der Waals surface area contributed by atoms with Gasteiger partial charge in [-0.3, -0.25) is 14.9 Å². The molecule has 0 fully saturated rings. The van der Waals surface area contributed by atoms with E-state index in [0.717, 1.165) is 11.1 Å². The van der Waals surface area contributed by atoms with E-state index in [1.807, 2.05) is 19.9 Å². The topological polar surface area (TPSA) is 103 Å². The van der Waals surface area contributed by atoms with E-state index >= 15 is 0 Å². The fraction of sp³-hybridized carbons (Fsp3) is 0.118. The smallest absolute Gasteiger partial charge is 0.295 e. The van der Waals surface area contributed by atoms with Crippen molar-refractivity contribution in [2.75, 3.05) is 5.32 Å². The number of aromatic nitrogens is 3. The van der Waals surface area contributed by atoms with Crippen molar-refractivity contribution in [3.8, 4) is 5.69 Å². The van der Waals surface area contributed by atoms with Crippen molar-refractivity contribution in [2.45, 2.75) is 13.8 Å². The molecule has 0 saturated heterocycles. The van der Waals surface area contributed by atoms with Crippen LogP contribution in [0.25, 0.3) is 5.69 Å². The highest BCUT2D eigenvalue weighted by molar-refractivity contribution is 6.34. The Balaban J connectivity index is 1.96. The highest BCUT2D eigenvalue weighted by Crippen LogP contribution is 2.29. The molecule has 2 aromatic carbocycles. The second kappa shape index (κ2) is 6.93. The molecule has 1 heterocycles. The molecule has 0 aliphatic rings. The summed E-state index contributed by atoms with van der Waals surface area (Å²) in [6, 6.07) is 7.75. The molecule has 1 amide bonds. The van der Waals surface area contributed by atoms with Crippen LogP contribution in [-0.2, 0) is 0 Å². The second-order valence-electron chi connectivity index (χ2n) is 5.69. The molecule has 8 nitrogen and oxygen atoms in total. The number of anilines is 1. The maximum atomic E-state index is 12.5. The van der Waals surface area contributed by atoms with Gasteiger partial charge in [-0.05, 0) is 43.2 Å². The fourth-order valence-corrected chi connectivity index (χ4v) is 2.97.